The van der Waals surface area contributed by atoms with E-state index < -0.39 is 0 Å². The van der Waals surface area contributed by atoms with E-state index in [1.807, 2.05) is 37.3 Å². The molecule has 0 saturated heterocycles. The number of thioether (sulfide) groups is 1. The van der Waals surface area contributed by atoms with Crippen LogP contribution in [0.15, 0.2) is 64.7 Å². The quantitative estimate of drug-likeness (QED) is 0.336. The Morgan fingerprint density at radius 2 is 1.94 bits per heavy atom. The van der Waals surface area contributed by atoms with Gasteiger partial charge < -0.3 is 10.3 Å². The molecule has 168 valence electrons. The molecule has 1 aliphatic rings. The van der Waals surface area contributed by atoms with Crippen LogP contribution in [-0.4, -0.2) is 31.4 Å². The Bertz CT molecular complexity index is 1360. The molecular formula is C25H25N5O2S. The number of rotatable bonds is 6. The van der Waals surface area contributed by atoms with E-state index in [1.165, 1.54) is 41.9 Å². The van der Waals surface area contributed by atoms with E-state index in [9.17, 15) is 9.59 Å². The largest absolute Gasteiger partial charge is 0.349 e. The van der Waals surface area contributed by atoms with E-state index in [1.54, 1.807) is 4.68 Å². The van der Waals surface area contributed by atoms with Crippen LogP contribution >= 0.6 is 11.8 Å². The molecule has 0 spiro atoms. The smallest absolute Gasteiger partial charge is 0.262 e. The molecule has 8 heteroatoms. The third-order valence-corrected chi connectivity index (χ3v) is 6.88. The lowest BCUT2D eigenvalue weighted by molar-refractivity contribution is -0.119. The molecule has 0 aliphatic heterocycles. The summed E-state index contributed by atoms with van der Waals surface area (Å²) in [6.45, 7) is 2.00. The molecule has 5 rings (SSSR count). The van der Waals surface area contributed by atoms with Crippen molar-refractivity contribution in [2.45, 2.75) is 43.8 Å². The van der Waals surface area contributed by atoms with Gasteiger partial charge in [0.05, 0.1) is 23.7 Å². The van der Waals surface area contributed by atoms with Crippen LogP contribution in [0.3, 0.4) is 0 Å². The minimum Gasteiger partial charge on any atom is -0.349 e. The fraction of sp³-hybridized carbons (Fsp3) is 0.280. The van der Waals surface area contributed by atoms with Gasteiger partial charge in [0.2, 0.25) is 5.91 Å². The minimum absolute atomic E-state index is 0.0840. The van der Waals surface area contributed by atoms with Crippen LogP contribution in [0.2, 0.25) is 0 Å². The first kappa shape index (κ1) is 21.5. The van der Waals surface area contributed by atoms with Crippen molar-refractivity contribution in [1.82, 2.24) is 25.1 Å². The summed E-state index contributed by atoms with van der Waals surface area (Å²) in [7, 11) is 0. The highest BCUT2D eigenvalue weighted by Crippen LogP contribution is 2.25. The van der Waals surface area contributed by atoms with Crippen LogP contribution < -0.4 is 10.9 Å². The van der Waals surface area contributed by atoms with Gasteiger partial charge in [0.15, 0.2) is 10.8 Å². The van der Waals surface area contributed by atoms with Crippen molar-refractivity contribution in [1.29, 1.82) is 0 Å². The van der Waals surface area contributed by atoms with Crippen LogP contribution in [0, 0.1) is 0 Å². The van der Waals surface area contributed by atoms with Gasteiger partial charge in [-0.3, -0.25) is 9.59 Å². The second-order valence-corrected chi connectivity index (χ2v) is 9.28. The van der Waals surface area contributed by atoms with E-state index in [2.05, 4.69) is 38.6 Å². The topological polar surface area (TPSA) is 92.7 Å². The Labute approximate surface area is 195 Å². The number of aromatic nitrogens is 4. The number of benzene rings is 2. The summed E-state index contributed by atoms with van der Waals surface area (Å²) in [5, 5.41) is 8.17. The number of carbonyl (C=O) groups excluding carboxylic acids is 1. The number of nitrogens with zero attached hydrogens (tertiary/aromatic N) is 3. The summed E-state index contributed by atoms with van der Waals surface area (Å²) in [6, 6.07) is 16.0. The number of carbonyl (C=O) groups is 1. The Morgan fingerprint density at radius 1 is 1.15 bits per heavy atom. The molecule has 0 saturated carbocycles. The third kappa shape index (κ3) is 4.57. The first-order valence-corrected chi connectivity index (χ1v) is 12.1. The lowest BCUT2D eigenvalue weighted by Gasteiger charge is -2.20. The zero-order valence-corrected chi connectivity index (χ0v) is 19.2. The highest BCUT2D eigenvalue weighted by Gasteiger charge is 2.16. The van der Waals surface area contributed by atoms with E-state index in [4.69, 9.17) is 0 Å². The summed E-state index contributed by atoms with van der Waals surface area (Å²) in [5.41, 5.74) is 4.97. The number of para-hydroxylation sites is 1. The first-order chi connectivity index (χ1) is 16.1. The molecular weight excluding hydrogens is 434 g/mol. The molecule has 0 unspecified atom stereocenters. The number of H-pyrrole nitrogens is 1. The van der Waals surface area contributed by atoms with E-state index in [-0.39, 0.29) is 23.3 Å². The van der Waals surface area contributed by atoms with Gasteiger partial charge in [-0.05, 0) is 61.4 Å². The summed E-state index contributed by atoms with van der Waals surface area (Å²) < 4.78 is 1.63. The maximum absolute atomic E-state index is 12.6. The molecule has 2 N–H and O–H groups in total. The molecule has 0 radical (unpaired) electrons. The highest BCUT2D eigenvalue weighted by atomic mass is 32.2. The van der Waals surface area contributed by atoms with Gasteiger partial charge in [-0.25, -0.2) is 9.67 Å². The Morgan fingerprint density at radius 3 is 2.76 bits per heavy atom. The molecule has 2 aromatic heterocycles. The van der Waals surface area contributed by atoms with Gasteiger partial charge in [0, 0.05) is 0 Å². The molecule has 0 bridgehead atoms. The number of hydrogen-bond acceptors (Lipinski definition) is 5. The Hall–Kier alpha value is -3.39. The lowest BCUT2D eigenvalue weighted by atomic mass is 9.89. The van der Waals surface area contributed by atoms with Crippen molar-refractivity contribution in [2.75, 3.05) is 5.75 Å². The fourth-order valence-corrected chi connectivity index (χ4v) is 4.91. The predicted molar refractivity (Wildman–Crippen MR) is 130 cm³/mol. The van der Waals surface area contributed by atoms with Gasteiger partial charge in [-0.15, -0.1) is 0 Å². The maximum atomic E-state index is 12.6. The molecule has 1 aliphatic carbocycles. The SMILES string of the molecule is C[C@@H](NC(=O)CSc1nc2c(cnn2-c2ccccc2)c(=O)[nH]1)c1ccc2c(c1)CCCC2. The molecule has 1 amide bonds. The maximum Gasteiger partial charge on any atom is 0.262 e. The van der Waals surface area contributed by atoms with Crippen LogP contribution in [0.25, 0.3) is 16.7 Å². The zero-order chi connectivity index (χ0) is 22.8. The standard InChI is InChI=1S/C25H25N5O2S/c1-16(18-12-11-17-7-5-6-8-19(17)13-18)27-22(31)15-33-25-28-23-21(24(32)29-25)14-26-30(23)20-9-3-2-4-10-20/h2-4,9-14,16H,5-8,15H2,1H3,(H,27,31)(H,28,29,32)/t16-/m1/s1. The van der Waals surface area contributed by atoms with Gasteiger partial charge in [-0.1, -0.05) is 48.2 Å². The second-order valence-electron chi connectivity index (χ2n) is 8.31. The van der Waals surface area contributed by atoms with Crippen molar-refractivity contribution in [2.24, 2.45) is 0 Å². The monoisotopic (exact) mass is 459 g/mol. The molecule has 7 nitrogen and oxygen atoms in total. The number of fused-ring (bicyclic) bond motifs is 2. The van der Waals surface area contributed by atoms with Crippen molar-refractivity contribution in [3.63, 3.8) is 0 Å². The van der Waals surface area contributed by atoms with Crippen molar-refractivity contribution < 1.29 is 4.79 Å². The van der Waals surface area contributed by atoms with Crippen molar-refractivity contribution in [3.8, 4) is 5.69 Å². The lowest BCUT2D eigenvalue weighted by Crippen LogP contribution is -2.28. The van der Waals surface area contributed by atoms with E-state index >= 15 is 0 Å². The van der Waals surface area contributed by atoms with E-state index in [0.717, 1.165) is 24.1 Å². The Kier molecular flexibility index (Phi) is 6.00. The van der Waals surface area contributed by atoms with Crippen molar-refractivity contribution >= 4 is 28.7 Å². The number of hydrogen-bond donors (Lipinski definition) is 2. The second kappa shape index (κ2) is 9.23. The molecule has 0 fully saturated rings. The minimum atomic E-state index is -0.271. The highest BCUT2D eigenvalue weighted by molar-refractivity contribution is 7.99. The number of nitrogens with one attached hydrogen (secondary N) is 2. The van der Waals surface area contributed by atoms with Crippen molar-refractivity contribution in [3.05, 3.63) is 81.8 Å². The summed E-state index contributed by atoms with van der Waals surface area (Å²) in [5.74, 6) is 0.0490. The van der Waals surface area contributed by atoms with Crippen LogP contribution in [0.5, 0.6) is 0 Å². The van der Waals surface area contributed by atoms with Crippen LogP contribution in [-0.2, 0) is 17.6 Å². The normalized spacial score (nSPS) is 14.1. The van der Waals surface area contributed by atoms with Gasteiger partial charge in [-0.2, -0.15) is 5.10 Å². The van der Waals surface area contributed by atoms with E-state index in [0.29, 0.717) is 16.2 Å². The zero-order valence-electron chi connectivity index (χ0n) is 18.4. The van der Waals surface area contributed by atoms with Crippen LogP contribution in [0.4, 0.5) is 0 Å². The summed E-state index contributed by atoms with van der Waals surface area (Å²) >= 11 is 1.21. The summed E-state index contributed by atoms with van der Waals surface area (Å²) in [4.78, 5) is 32.4. The molecule has 1 atom stereocenters. The Balaban J connectivity index is 1.27. The van der Waals surface area contributed by atoms with Gasteiger partial charge in [0.25, 0.3) is 5.56 Å². The fourth-order valence-electron chi connectivity index (χ4n) is 4.25. The first-order valence-electron chi connectivity index (χ1n) is 11.2. The van der Waals surface area contributed by atoms with Gasteiger partial charge >= 0.3 is 0 Å². The molecule has 4 aromatic rings. The van der Waals surface area contributed by atoms with Gasteiger partial charge in [0.1, 0.15) is 5.39 Å². The average Bonchev–Trinajstić information content (AvgIpc) is 3.27. The average molecular weight is 460 g/mol. The summed E-state index contributed by atoms with van der Waals surface area (Å²) in [6.07, 6.45) is 6.25. The molecule has 2 aromatic carbocycles. The van der Waals surface area contributed by atoms with Crippen LogP contribution in [0.1, 0.15) is 42.5 Å². The molecule has 33 heavy (non-hydrogen) atoms. The number of aromatic amines is 1. The molecule has 2 heterocycles. The third-order valence-electron chi connectivity index (χ3n) is 6.01. The number of aryl methyl sites for hydroxylation is 2. The number of amides is 1. The predicted octanol–water partition coefficient (Wildman–Crippen LogP) is 3.96.